The minimum absolute atomic E-state index is 0.145. The molecule has 3 unspecified atom stereocenters. The van der Waals surface area contributed by atoms with E-state index in [1.165, 1.54) is 0 Å². The molecule has 204 valence electrons. The van der Waals surface area contributed by atoms with Gasteiger partial charge in [-0.2, -0.15) is 0 Å². The minimum atomic E-state index is -0.814. The molecule has 0 saturated heterocycles. The first-order chi connectivity index (χ1) is 16.7. The fourth-order valence-electron chi connectivity index (χ4n) is 3.98. The van der Waals surface area contributed by atoms with Gasteiger partial charge in [-0.15, -0.1) is 0 Å². The molecule has 0 heterocycles. The third-order valence-corrected chi connectivity index (χ3v) is 6.22. The molecule has 3 atom stereocenters. The maximum atomic E-state index is 14.2. The van der Waals surface area contributed by atoms with Crippen LogP contribution >= 0.6 is 0 Å². The first kappa shape index (κ1) is 31.5. The average molecular weight is 504 g/mol. The first-order valence-corrected chi connectivity index (χ1v) is 13.4. The Hall–Kier alpha value is -2.57. The summed E-state index contributed by atoms with van der Waals surface area (Å²) < 4.78 is 5.45. The summed E-state index contributed by atoms with van der Waals surface area (Å²) in [6, 6.07) is 4.05. The second-order valence-corrected chi connectivity index (χ2v) is 11.2. The largest absolute Gasteiger partial charge is 0.444 e. The van der Waals surface area contributed by atoms with Gasteiger partial charge in [0.2, 0.25) is 11.8 Å². The van der Waals surface area contributed by atoms with Crippen molar-refractivity contribution < 1.29 is 19.1 Å². The zero-order valence-corrected chi connectivity index (χ0v) is 24.2. The summed E-state index contributed by atoms with van der Waals surface area (Å²) in [4.78, 5) is 42.1. The Labute approximate surface area is 218 Å². The van der Waals surface area contributed by atoms with E-state index >= 15 is 0 Å². The maximum absolute atomic E-state index is 14.2. The number of alkyl carbamates (subject to hydrolysis) is 1. The molecule has 1 aromatic rings. The molecule has 0 radical (unpaired) electrons. The van der Waals surface area contributed by atoms with Crippen LogP contribution in [0.5, 0.6) is 0 Å². The SMILES string of the molecule is CCCCNC(=O)C(c1ccc(C)c(C)c1)N(C(=O)C(CC(C)C)NC(=O)OC(C)(C)C)C(C)CC. The van der Waals surface area contributed by atoms with E-state index in [-0.39, 0.29) is 23.8 Å². The normalized spacial score (nSPS) is 14.1. The molecule has 7 heteroatoms. The lowest BCUT2D eigenvalue weighted by molar-refractivity contribution is -0.145. The standard InChI is InChI=1S/C29H49N3O4/c1-11-13-16-30-26(33)25(23-15-14-20(5)21(6)18-23)32(22(7)12-2)27(34)24(17-19(3)4)31-28(35)36-29(8,9)10/h14-15,18-19,22,24-25H,11-13,16-17H2,1-10H3,(H,30,33)(H,31,35). The topological polar surface area (TPSA) is 87.7 Å². The predicted molar refractivity (Wildman–Crippen MR) is 146 cm³/mol. The van der Waals surface area contributed by atoms with Crippen molar-refractivity contribution in [1.29, 1.82) is 0 Å². The van der Waals surface area contributed by atoms with Crippen LogP contribution in [0.25, 0.3) is 0 Å². The summed E-state index contributed by atoms with van der Waals surface area (Å²) in [6.45, 7) is 20.0. The highest BCUT2D eigenvalue weighted by Crippen LogP contribution is 2.28. The van der Waals surface area contributed by atoms with Crippen LogP contribution in [-0.2, 0) is 14.3 Å². The molecule has 36 heavy (non-hydrogen) atoms. The van der Waals surface area contributed by atoms with Gasteiger partial charge in [-0.3, -0.25) is 9.59 Å². The molecular formula is C29H49N3O4. The van der Waals surface area contributed by atoms with Crippen LogP contribution in [0.3, 0.4) is 0 Å². The highest BCUT2D eigenvalue weighted by molar-refractivity contribution is 5.92. The van der Waals surface area contributed by atoms with E-state index in [1.807, 2.05) is 59.7 Å². The Morgan fingerprint density at radius 2 is 1.67 bits per heavy atom. The molecule has 2 N–H and O–H groups in total. The number of amides is 3. The minimum Gasteiger partial charge on any atom is -0.444 e. The van der Waals surface area contributed by atoms with Crippen molar-refractivity contribution in [3.8, 4) is 0 Å². The maximum Gasteiger partial charge on any atom is 0.408 e. The molecule has 0 aliphatic heterocycles. The Morgan fingerprint density at radius 1 is 1.03 bits per heavy atom. The van der Waals surface area contributed by atoms with Gasteiger partial charge in [0.1, 0.15) is 17.7 Å². The lowest BCUT2D eigenvalue weighted by Crippen LogP contribution is -2.55. The number of unbranched alkanes of at least 4 members (excludes halogenated alkanes) is 1. The van der Waals surface area contributed by atoms with Crippen molar-refractivity contribution in [3.63, 3.8) is 0 Å². The lowest BCUT2D eigenvalue weighted by atomic mass is 9.95. The van der Waals surface area contributed by atoms with E-state index in [0.29, 0.717) is 19.4 Å². The fraction of sp³-hybridized carbons (Fsp3) is 0.690. The molecule has 0 bridgehead atoms. The molecule has 0 saturated carbocycles. The van der Waals surface area contributed by atoms with Crippen molar-refractivity contribution in [2.75, 3.05) is 6.54 Å². The summed E-state index contributed by atoms with van der Waals surface area (Å²) >= 11 is 0. The van der Waals surface area contributed by atoms with E-state index in [4.69, 9.17) is 4.74 Å². The van der Waals surface area contributed by atoms with Crippen molar-refractivity contribution in [2.45, 2.75) is 119 Å². The number of hydrogen-bond donors (Lipinski definition) is 2. The van der Waals surface area contributed by atoms with E-state index in [2.05, 4.69) is 17.6 Å². The Balaban J connectivity index is 3.53. The summed E-state index contributed by atoms with van der Waals surface area (Å²) in [5.74, 6) is -0.343. The zero-order valence-electron chi connectivity index (χ0n) is 24.2. The first-order valence-electron chi connectivity index (χ1n) is 13.4. The molecule has 1 aromatic carbocycles. The molecule has 3 amide bonds. The number of aryl methyl sites for hydroxylation is 2. The van der Waals surface area contributed by atoms with Gasteiger partial charge in [0.15, 0.2) is 0 Å². The van der Waals surface area contributed by atoms with Crippen molar-refractivity contribution in [2.24, 2.45) is 5.92 Å². The Morgan fingerprint density at radius 3 is 2.17 bits per heavy atom. The van der Waals surface area contributed by atoms with Crippen LogP contribution in [0, 0.1) is 19.8 Å². The van der Waals surface area contributed by atoms with Gasteiger partial charge < -0.3 is 20.3 Å². The number of nitrogens with one attached hydrogen (secondary N) is 2. The van der Waals surface area contributed by atoms with E-state index in [1.54, 1.807) is 25.7 Å². The van der Waals surface area contributed by atoms with Crippen LogP contribution in [0.15, 0.2) is 18.2 Å². The van der Waals surface area contributed by atoms with E-state index in [9.17, 15) is 14.4 Å². The van der Waals surface area contributed by atoms with Crippen LogP contribution < -0.4 is 10.6 Å². The predicted octanol–water partition coefficient (Wildman–Crippen LogP) is 5.83. The number of hydrogen-bond acceptors (Lipinski definition) is 4. The van der Waals surface area contributed by atoms with Gasteiger partial charge in [-0.1, -0.05) is 52.3 Å². The van der Waals surface area contributed by atoms with E-state index in [0.717, 1.165) is 29.5 Å². The molecule has 0 aromatic heterocycles. The summed E-state index contributed by atoms with van der Waals surface area (Å²) in [6.07, 6.45) is 2.27. The van der Waals surface area contributed by atoms with Gasteiger partial charge in [0, 0.05) is 12.6 Å². The van der Waals surface area contributed by atoms with Gasteiger partial charge in [0.05, 0.1) is 0 Å². The number of carbonyl (C=O) groups excluding carboxylic acids is 3. The zero-order chi connectivity index (χ0) is 27.6. The fourth-order valence-corrected chi connectivity index (χ4v) is 3.98. The van der Waals surface area contributed by atoms with Crippen molar-refractivity contribution in [3.05, 3.63) is 34.9 Å². The van der Waals surface area contributed by atoms with Gasteiger partial charge in [-0.25, -0.2) is 4.79 Å². The van der Waals surface area contributed by atoms with Gasteiger partial charge >= 0.3 is 6.09 Å². The molecule has 0 spiro atoms. The summed E-state index contributed by atoms with van der Waals surface area (Å²) in [5.41, 5.74) is 2.25. The average Bonchev–Trinajstić information content (AvgIpc) is 2.76. The number of rotatable bonds is 12. The molecule has 1 rings (SSSR count). The third kappa shape index (κ3) is 9.82. The summed E-state index contributed by atoms with van der Waals surface area (Å²) in [7, 11) is 0. The second kappa shape index (κ2) is 14.2. The van der Waals surface area contributed by atoms with E-state index < -0.39 is 23.8 Å². The quantitative estimate of drug-likeness (QED) is 0.352. The smallest absolute Gasteiger partial charge is 0.408 e. The highest BCUT2D eigenvalue weighted by atomic mass is 16.6. The Bertz CT molecular complexity index is 876. The molecule has 7 nitrogen and oxygen atoms in total. The number of carbonyl (C=O) groups is 3. The van der Waals surface area contributed by atoms with Gasteiger partial charge in [-0.05, 0) is 83.4 Å². The third-order valence-electron chi connectivity index (χ3n) is 6.22. The van der Waals surface area contributed by atoms with Crippen LogP contribution in [0.1, 0.15) is 104 Å². The number of nitrogens with zero attached hydrogens (tertiary/aromatic N) is 1. The second-order valence-electron chi connectivity index (χ2n) is 11.2. The number of ether oxygens (including phenoxy) is 1. The monoisotopic (exact) mass is 503 g/mol. The van der Waals surface area contributed by atoms with Crippen molar-refractivity contribution in [1.82, 2.24) is 15.5 Å². The molecule has 0 aliphatic rings. The number of benzene rings is 1. The molecule has 0 aliphatic carbocycles. The highest BCUT2D eigenvalue weighted by Gasteiger charge is 2.38. The van der Waals surface area contributed by atoms with Crippen LogP contribution in [0.4, 0.5) is 4.79 Å². The molecular weight excluding hydrogens is 454 g/mol. The van der Waals surface area contributed by atoms with Crippen LogP contribution in [0.2, 0.25) is 0 Å². The van der Waals surface area contributed by atoms with Crippen LogP contribution in [-0.4, -0.2) is 47.0 Å². The lowest BCUT2D eigenvalue weighted by Gasteiger charge is -2.38. The van der Waals surface area contributed by atoms with Crippen molar-refractivity contribution >= 4 is 17.9 Å². The summed E-state index contributed by atoms with van der Waals surface area (Å²) in [5, 5.41) is 5.84. The molecule has 0 fully saturated rings. The van der Waals surface area contributed by atoms with Gasteiger partial charge in [0.25, 0.3) is 0 Å². The Kier molecular flexibility index (Phi) is 12.4.